The highest BCUT2D eigenvalue weighted by Crippen LogP contribution is 2.46. The molecule has 38 heavy (non-hydrogen) atoms. The smallest absolute Gasteiger partial charge is 0.235 e. The molecule has 3 heterocycles. The highest BCUT2D eigenvalue weighted by molar-refractivity contribution is 6.17. The minimum atomic E-state index is -0.584. The molecule has 0 bridgehead atoms. The summed E-state index contributed by atoms with van der Waals surface area (Å²) in [4.78, 5) is 26.3. The van der Waals surface area contributed by atoms with Gasteiger partial charge in [0.05, 0.1) is 11.6 Å². The lowest BCUT2D eigenvalue weighted by molar-refractivity contribution is -0.134. The number of imide groups is 1. The molecule has 200 valence electrons. The Labute approximate surface area is 225 Å². The van der Waals surface area contributed by atoms with Crippen LogP contribution >= 0.6 is 0 Å². The summed E-state index contributed by atoms with van der Waals surface area (Å²) < 4.78 is 0. The summed E-state index contributed by atoms with van der Waals surface area (Å²) in [6.45, 7) is 4.33. The van der Waals surface area contributed by atoms with Crippen molar-refractivity contribution in [3.63, 3.8) is 0 Å². The predicted molar refractivity (Wildman–Crippen MR) is 151 cm³/mol. The van der Waals surface area contributed by atoms with Crippen molar-refractivity contribution in [3.8, 4) is 0 Å². The molecule has 3 fully saturated rings. The van der Waals surface area contributed by atoms with E-state index in [0.29, 0.717) is 17.8 Å². The van der Waals surface area contributed by atoms with Crippen molar-refractivity contribution in [2.24, 2.45) is 11.3 Å². The number of piperidine rings is 3. The summed E-state index contributed by atoms with van der Waals surface area (Å²) in [5.74, 6) is -0.488. The summed E-state index contributed by atoms with van der Waals surface area (Å²) >= 11 is 0. The minimum absolute atomic E-state index is 0.251. The van der Waals surface area contributed by atoms with Crippen LogP contribution in [0.1, 0.15) is 66.7 Å². The number of anilines is 2. The first kappa shape index (κ1) is 25.1. The van der Waals surface area contributed by atoms with Gasteiger partial charge >= 0.3 is 0 Å². The molecule has 2 aromatic carbocycles. The normalized spacial score (nSPS) is 23.3. The first-order chi connectivity index (χ1) is 18.4. The Morgan fingerprint density at radius 3 is 2.50 bits per heavy atom. The third-order valence-electron chi connectivity index (χ3n) is 9.51. The molecule has 1 atom stereocenters. The fourth-order valence-corrected chi connectivity index (χ4v) is 7.18. The second kappa shape index (κ2) is 10.2. The number of amides is 2. The number of benzene rings is 2. The van der Waals surface area contributed by atoms with Crippen LogP contribution in [0.2, 0.25) is 0 Å². The van der Waals surface area contributed by atoms with Gasteiger partial charge in [0.15, 0.2) is 0 Å². The molecule has 0 saturated carbocycles. The Hall–Kier alpha value is -3.19. The van der Waals surface area contributed by atoms with Crippen LogP contribution in [-0.4, -0.2) is 50.8 Å². The van der Waals surface area contributed by atoms with Gasteiger partial charge in [-0.2, -0.15) is 0 Å². The molecule has 7 nitrogen and oxygen atoms in total. The van der Waals surface area contributed by atoms with Crippen LogP contribution in [0.5, 0.6) is 0 Å². The van der Waals surface area contributed by atoms with Crippen molar-refractivity contribution >= 4 is 28.9 Å². The van der Waals surface area contributed by atoms with E-state index in [0.717, 1.165) is 43.1 Å². The topological polar surface area (TPSA) is 97.3 Å². The highest BCUT2D eigenvalue weighted by Gasteiger charge is 2.40. The molecule has 4 N–H and O–H groups in total. The zero-order valence-electron chi connectivity index (χ0n) is 22.4. The van der Waals surface area contributed by atoms with E-state index in [1.165, 1.54) is 38.5 Å². The Balaban J connectivity index is 1.12. The van der Waals surface area contributed by atoms with Crippen LogP contribution in [0.25, 0.3) is 0 Å². The van der Waals surface area contributed by atoms with Crippen molar-refractivity contribution < 1.29 is 9.59 Å². The van der Waals surface area contributed by atoms with Crippen molar-refractivity contribution in [2.75, 3.05) is 43.4 Å². The number of hydrogen-bond donors (Lipinski definition) is 4. The molecule has 3 saturated heterocycles. The molecule has 0 radical (unpaired) electrons. The quantitative estimate of drug-likeness (QED) is 0.358. The summed E-state index contributed by atoms with van der Waals surface area (Å²) in [6.07, 6.45) is 7.96. The maximum absolute atomic E-state index is 12.3. The highest BCUT2D eigenvalue weighted by atomic mass is 16.2. The number of hydrogen-bond acceptors (Lipinski definition) is 6. The maximum Gasteiger partial charge on any atom is 0.235 e. The first-order valence-corrected chi connectivity index (χ1v) is 14.3. The zero-order valence-corrected chi connectivity index (χ0v) is 22.4. The molecule has 1 aliphatic carbocycles. The largest absolute Gasteiger partial charge is 0.388 e. The first-order valence-electron chi connectivity index (χ1n) is 14.3. The Kier molecular flexibility index (Phi) is 6.72. The molecule has 2 aromatic rings. The fourth-order valence-electron chi connectivity index (χ4n) is 7.18. The predicted octanol–water partition coefficient (Wildman–Crippen LogP) is 4.00. The standard InChI is InChI=1S/C31H39N5O2/c1-33-27-17-24(4-5-25(27)29(32)26-6-7-28(37)35-30(26)38)36-14-10-31(11-15-36)18-22-3-2-21(16-23(22)19-31)20-8-12-34-13-9-20/h2-5,16-17,20,26,32-34H,6-15,18-19H2,1H3,(H,35,37,38). The van der Waals surface area contributed by atoms with E-state index >= 15 is 0 Å². The monoisotopic (exact) mass is 513 g/mol. The lowest BCUT2D eigenvalue weighted by atomic mass is 9.76. The van der Waals surface area contributed by atoms with Crippen molar-refractivity contribution in [3.05, 3.63) is 58.7 Å². The average Bonchev–Trinajstić information content (AvgIpc) is 3.30. The molecule has 1 unspecified atom stereocenters. The van der Waals surface area contributed by atoms with Gasteiger partial charge in [0, 0.05) is 43.5 Å². The summed E-state index contributed by atoms with van der Waals surface area (Å²) in [7, 11) is 1.86. The van der Waals surface area contributed by atoms with E-state index in [-0.39, 0.29) is 23.9 Å². The van der Waals surface area contributed by atoms with Gasteiger partial charge in [-0.3, -0.25) is 14.9 Å². The van der Waals surface area contributed by atoms with Gasteiger partial charge in [0.25, 0.3) is 0 Å². The summed E-state index contributed by atoms with van der Waals surface area (Å²) in [5.41, 5.74) is 8.09. The molecular weight excluding hydrogens is 474 g/mol. The maximum atomic E-state index is 12.3. The Bertz CT molecular complexity index is 1260. The van der Waals surface area contributed by atoms with E-state index in [2.05, 4.69) is 51.2 Å². The third kappa shape index (κ3) is 4.73. The molecule has 3 aliphatic heterocycles. The van der Waals surface area contributed by atoms with Gasteiger partial charge < -0.3 is 20.9 Å². The van der Waals surface area contributed by atoms with E-state index < -0.39 is 5.92 Å². The number of nitrogens with zero attached hydrogens (tertiary/aromatic N) is 1. The molecule has 6 rings (SSSR count). The number of fused-ring (bicyclic) bond motifs is 1. The van der Waals surface area contributed by atoms with Gasteiger partial charge in [-0.05, 0) is 104 Å². The molecule has 2 amide bonds. The van der Waals surface area contributed by atoms with Crippen molar-refractivity contribution in [1.29, 1.82) is 5.41 Å². The van der Waals surface area contributed by atoms with E-state index in [4.69, 9.17) is 5.41 Å². The fraction of sp³-hybridized carbons (Fsp3) is 0.516. The van der Waals surface area contributed by atoms with E-state index in [9.17, 15) is 9.59 Å². The van der Waals surface area contributed by atoms with Crippen molar-refractivity contribution in [2.45, 2.75) is 57.3 Å². The average molecular weight is 514 g/mol. The number of rotatable bonds is 5. The SMILES string of the molecule is CNc1cc(N2CCC3(CC2)Cc2ccc(C4CCNCC4)cc2C3)ccc1C(=N)C1CCC(=O)NC1=O. The lowest BCUT2D eigenvalue weighted by Gasteiger charge is -2.40. The van der Waals surface area contributed by atoms with Gasteiger partial charge in [0.1, 0.15) is 0 Å². The molecule has 1 spiro atoms. The Morgan fingerprint density at radius 1 is 1.00 bits per heavy atom. The van der Waals surface area contributed by atoms with Gasteiger partial charge in [0.2, 0.25) is 11.8 Å². The van der Waals surface area contributed by atoms with Crippen LogP contribution in [0.15, 0.2) is 36.4 Å². The van der Waals surface area contributed by atoms with E-state index in [1.807, 2.05) is 13.1 Å². The summed E-state index contributed by atoms with van der Waals surface area (Å²) in [5, 5.41) is 17.8. The van der Waals surface area contributed by atoms with Crippen molar-refractivity contribution in [1.82, 2.24) is 10.6 Å². The Morgan fingerprint density at radius 2 is 1.76 bits per heavy atom. The molecule has 4 aliphatic rings. The van der Waals surface area contributed by atoms with Crippen LogP contribution in [0.4, 0.5) is 11.4 Å². The van der Waals surface area contributed by atoms with Gasteiger partial charge in [-0.1, -0.05) is 18.2 Å². The van der Waals surface area contributed by atoms with Crippen LogP contribution in [0, 0.1) is 16.7 Å². The van der Waals surface area contributed by atoms with E-state index in [1.54, 1.807) is 16.7 Å². The lowest BCUT2D eigenvalue weighted by Crippen LogP contribution is -2.44. The molecular formula is C31H39N5O2. The van der Waals surface area contributed by atoms with Crippen LogP contribution in [0.3, 0.4) is 0 Å². The second-order valence-corrected chi connectivity index (χ2v) is 11.8. The molecule has 7 heteroatoms. The van der Waals surface area contributed by atoms with Crippen LogP contribution in [-0.2, 0) is 22.4 Å². The third-order valence-corrected chi connectivity index (χ3v) is 9.51. The number of carbonyl (C=O) groups is 2. The van der Waals surface area contributed by atoms with Crippen LogP contribution < -0.4 is 20.9 Å². The minimum Gasteiger partial charge on any atom is -0.388 e. The number of carbonyl (C=O) groups excluding carboxylic acids is 2. The van der Waals surface area contributed by atoms with Gasteiger partial charge in [-0.15, -0.1) is 0 Å². The second-order valence-electron chi connectivity index (χ2n) is 11.8. The van der Waals surface area contributed by atoms with Gasteiger partial charge in [-0.25, -0.2) is 0 Å². The zero-order chi connectivity index (χ0) is 26.3. The summed E-state index contributed by atoms with van der Waals surface area (Å²) in [6, 6.07) is 13.5. The number of nitrogens with one attached hydrogen (secondary N) is 4. The molecule has 0 aromatic heterocycles.